The van der Waals surface area contributed by atoms with Crippen molar-refractivity contribution in [1.29, 1.82) is 0 Å². The highest BCUT2D eigenvalue weighted by atomic mass is 19.1. The molecule has 0 aromatic heterocycles. The van der Waals surface area contributed by atoms with Crippen molar-refractivity contribution in [3.63, 3.8) is 0 Å². The Hall–Kier alpha value is -2.36. The predicted octanol–water partition coefficient (Wildman–Crippen LogP) is 3.11. The molecule has 0 radical (unpaired) electrons. The lowest BCUT2D eigenvalue weighted by atomic mass is 10.1. The van der Waals surface area contributed by atoms with Gasteiger partial charge in [-0.25, -0.2) is 4.39 Å². The maximum absolute atomic E-state index is 13.0. The summed E-state index contributed by atoms with van der Waals surface area (Å²) in [7, 11) is 1.83. The van der Waals surface area contributed by atoms with Crippen LogP contribution in [0.25, 0.3) is 0 Å². The summed E-state index contributed by atoms with van der Waals surface area (Å²) >= 11 is 0. The number of carbonyl (C=O) groups is 1. The Morgan fingerprint density at radius 1 is 1.20 bits per heavy atom. The molecule has 2 aromatic rings. The van der Waals surface area contributed by atoms with Crippen molar-refractivity contribution in [2.75, 3.05) is 12.4 Å². The van der Waals surface area contributed by atoms with Gasteiger partial charge in [0, 0.05) is 24.8 Å². The fourth-order valence-corrected chi connectivity index (χ4v) is 2.00. The maximum atomic E-state index is 13.0. The molecule has 2 N–H and O–H groups in total. The summed E-state index contributed by atoms with van der Waals surface area (Å²) in [6, 6.07) is 11.7. The van der Waals surface area contributed by atoms with Crippen LogP contribution in [0.5, 0.6) is 0 Å². The van der Waals surface area contributed by atoms with Gasteiger partial charge in [0.25, 0.3) is 5.91 Å². The van der Waals surface area contributed by atoms with Crippen LogP contribution in [0.4, 0.5) is 10.1 Å². The molecule has 1 amide bonds. The molecule has 0 saturated heterocycles. The standard InChI is InChI=1S/C16H17FN2O/c1-11-8-14(18-2)6-7-15(11)16(20)19-10-12-4-3-5-13(17)9-12/h3-9,18H,10H2,1-2H3,(H,19,20). The number of benzene rings is 2. The van der Waals surface area contributed by atoms with Crippen molar-refractivity contribution in [2.24, 2.45) is 0 Å². The molecular formula is C16H17FN2O. The Kier molecular flexibility index (Phi) is 4.35. The molecule has 0 aliphatic carbocycles. The van der Waals surface area contributed by atoms with Crippen LogP contribution in [0.15, 0.2) is 42.5 Å². The van der Waals surface area contributed by atoms with Gasteiger partial charge in [0.15, 0.2) is 0 Å². The molecule has 4 heteroatoms. The number of hydrogen-bond acceptors (Lipinski definition) is 2. The molecular weight excluding hydrogens is 255 g/mol. The Labute approximate surface area is 117 Å². The van der Waals surface area contributed by atoms with E-state index in [1.54, 1.807) is 18.2 Å². The van der Waals surface area contributed by atoms with Gasteiger partial charge in [0.1, 0.15) is 5.82 Å². The van der Waals surface area contributed by atoms with E-state index in [0.29, 0.717) is 12.1 Å². The van der Waals surface area contributed by atoms with Crippen LogP contribution in [0.1, 0.15) is 21.5 Å². The second-order valence-corrected chi connectivity index (χ2v) is 4.59. The first-order valence-electron chi connectivity index (χ1n) is 6.41. The molecule has 2 aromatic carbocycles. The Bertz CT molecular complexity index is 626. The lowest BCUT2D eigenvalue weighted by Gasteiger charge is -2.09. The quantitative estimate of drug-likeness (QED) is 0.898. The topological polar surface area (TPSA) is 41.1 Å². The normalized spacial score (nSPS) is 10.2. The first-order valence-corrected chi connectivity index (χ1v) is 6.41. The summed E-state index contributed by atoms with van der Waals surface area (Å²) in [6.45, 7) is 2.20. The molecule has 0 heterocycles. The van der Waals surface area contributed by atoms with Crippen LogP contribution in [0.2, 0.25) is 0 Å². The summed E-state index contributed by atoms with van der Waals surface area (Å²) in [6.07, 6.45) is 0. The largest absolute Gasteiger partial charge is 0.388 e. The number of anilines is 1. The zero-order chi connectivity index (χ0) is 14.5. The summed E-state index contributed by atoms with van der Waals surface area (Å²) < 4.78 is 13.0. The van der Waals surface area contributed by atoms with Crippen LogP contribution >= 0.6 is 0 Å². The fraction of sp³-hybridized carbons (Fsp3) is 0.188. The highest BCUT2D eigenvalue weighted by molar-refractivity contribution is 5.96. The molecule has 3 nitrogen and oxygen atoms in total. The first kappa shape index (κ1) is 14.1. The van der Waals surface area contributed by atoms with Gasteiger partial charge < -0.3 is 10.6 Å². The van der Waals surface area contributed by atoms with Gasteiger partial charge in [0.2, 0.25) is 0 Å². The van der Waals surface area contributed by atoms with Gasteiger partial charge in [-0.2, -0.15) is 0 Å². The van der Waals surface area contributed by atoms with Crippen LogP contribution in [0, 0.1) is 12.7 Å². The first-order chi connectivity index (χ1) is 9.60. The van der Waals surface area contributed by atoms with E-state index in [1.165, 1.54) is 12.1 Å². The fourth-order valence-electron chi connectivity index (χ4n) is 2.00. The van der Waals surface area contributed by atoms with Crippen LogP contribution in [-0.4, -0.2) is 13.0 Å². The third-order valence-corrected chi connectivity index (χ3v) is 3.10. The Morgan fingerprint density at radius 2 is 2.00 bits per heavy atom. The van der Waals surface area contributed by atoms with Gasteiger partial charge in [-0.3, -0.25) is 4.79 Å². The minimum absolute atomic E-state index is 0.158. The number of carbonyl (C=O) groups excluding carboxylic acids is 1. The minimum Gasteiger partial charge on any atom is -0.388 e. The second kappa shape index (κ2) is 6.19. The molecule has 0 aliphatic heterocycles. The van der Waals surface area contributed by atoms with Crippen molar-refractivity contribution < 1.29 is 9.18 Å². The lowest BCUT2D eigenvalue weighted by Crippen LogP contribution is -2.23. The van der Waals surface area contributed by atoms with E-state index in [9.17, 15) is 9.18 Å². The average molecular weight is 272 g/mol. The van der Waals surface area contributed by atoms with E-state index in [2.05, 4.69) is 10.6 Å². The molecule has 0 bridgehead atoms. The van der Waals surface area contributed by atoms with Gasteiger partial charge in [0.05, 0.1) is 0 Å². The van der Waals surface area contributed by atoms with E-state index in [1.807, 2.05) is 26.1 Å². The van der Waals surface area contributed by atoms with Gasteiger partial charge in [-0.1, -0.05) is 12.1 Å². The van der Waals surface area contributed by atoms with Crippen molar-refractivity contribution >= 4 is 11.6 Å². The molecule has 20 heavy (non-hydrogen) atoms. The lowest BCUT2D eigenvalue weighted by molar-refractivity contribution is 0.0950. The zero-order valence-electron chi connectivity index (χ0n) is 11.5. The molecule has 2 rings (SSSR count). The summed E-state index contributed by atoms with van der Waals surface area (Å²) in [5, 5.41) is 5.82. The molecule has 0 saturated carbocycles. The average Bonchev–Trinajstić information content (AvgIpc) is 2.44. The van der Waals surface area contributed by atoms with Crippen LogP contribution < -0.4 is 10.6 Å². The molecule has 0 atom stereocenters. The summed E-state index contributed by atoms with van der Waals surface area (Å²) in [4.78, 5) is 12.1. The summed E-state index contributed by atoms with van der Waals surface area (Å²) in [5.41, 5.74) is 3.22. The molecule has 0 aliphatic rings. The van der Waals surface area contributed by atoms with Crippen molar-refractivity contribution in [2.45, 2.75) is 13.5 Å². The van der Waals surface area contributed by atoms with E-state index in [4.69, 9.17) is 0 Å². The smallest absolute Gasteiger partial charge is 0.251 e. The highest BCUT2D eigenvalue weighted by Gasteiger charge is 2.09. The Morgan fingerprint density at radius 3 is 2.65 bits per heavy atom. The predicted molar refractivity (Wildman–Crippen MR) is 78.3 cm³/mol. The molecule has 0 spiro atoms. The minimum atomic E-state index is -0.300. The number of aryl methyl sites for hydroxylation is 1. The third kappa shape index (κ3) is 3.35. The molecule has 104 valence electrons. The van der Waals surface area contributed by atoms with Crippen molar-refractivity contribution in [3.05, 3.63) is 65.0 Å². The van der Waals surface area contributed by atoms with Crippen molar-refractivity contribution in [1.82, 2.24) is 5.32 Å². The molecule has 0 fully saturated rings. The number of amides is 1. The van der Waals surface area contributed by atoms with Gasteiger partial charge in [-0.05, 0) is 48.4 Å². The van der Waals surface area contributed by atoms with Crippen molar-refractivity contribution in [3.8, 4) is 0 Å². The van der Waals surface area contributed by atoms with E-state index < -0.39 is 0 Å². The highest BCUT2D eigenvalue weighted by Crippen LogP contribution is 2.14. The monoisotopic (exact) mass is 272 g/mol. The number of rotatable bonds is 4. The zero-order valence-corrected chi connectivity index (χ0v) is 11.5. The van der Waals surface area contributed by atoms with Crippen LogP contribution in [-0.2, 0) is 6.54 Å². The third-order valence-electron chi connectivity index (χ3n) is 3.10. The van der Waals surface area contributed by atoms with Gasteiger partial charge >= 0.3 is 0 Å². The SMILES string of the molecule is CNc1ccc(C(=O)NCc2cccc(F)c2)c(C)c1. The van der Waals surface area contributed by atoms with E-state index in [-0.39, 0.29) is 11.7 Å². The summed E-state index contributed by atoms with van der Waals surface area (Å²) in [5.74, 6) is -0.458. The maximum Gasteiger partial charge on any atom is 0.251 e. The van der Waals surface area contributed by atoms with E-state index >= 15 is 0 Å². The second-order valence-electron chi connectivity index (χ2n) is 4.59. The number of hydrogen-bond donors (Lipinski definition) is 2. The number of halogens is 1. The molecule has 0 unspecified atom stereocenters. The van der Waals surface area contributed by atoms with Crippen LogP contribution in [0.3, 0.4) is 0 Å². The van der Waals surface area contributed by atoms with E-state index in [0.717, 1.165) is 16.8 Å². The van der Waals surface area contributed by atoms with Gasteiger partial charge in [-0.15, -0.1) is 0 Å². The number of nitrogens with one attached hydrogen (secondary N) is 2. The Balaban J connectivity index is 2.05.